The number of nitrogens with zero attached hydrogens (tertiary/aromatic N) is 4. The molecule has 7 nitrogen and oxygen atoms in total. The lowest BCUT2D eigenvalue weighted by atomic mass is 10.2. The minimum absolute atomic E-state index is 0.0328. The van der Waals surface area contributed by atoms with Gasteiger partial charge in [-0.25, -0.2) is 0 Å². The van der Waals surface area contributed by atoms with Crippen LogP contribution in [-0.4, -0.2) is 73.0 Å². The number of aromatic nitrogens is 1. The molecular weight excluding hydrogens is 388 g/mol. The minimum Gasteiger partial charge on any atom is -0.355 e. The fraction of sp³-hybridized carbons (Fsp3) is 0.458. The van der Waals surface area contributed by atoms with Gasteiger partial charge in [0.2, 0.25) is 5.91 Å². The fourth-order valence-electron chi connectivity index (χ4n) is 3.83. The van der Waals surface area contributed by atoms with Crippen molar-refractivity contribution >= 4 is 11.9 Å². The number of aliphatic imine (C=N–C) groups is 1. The van der Waals surface area contributed by atoms with E-state index in [1.807, 2.05) is 25.2 Å². The molecule has 0 spiro atoms. The summed E-state index contributed by atoms with van der Waals surface area (Å²) in [5.41, 5.74) is 2.33. The van der Waals surface area contributed by atoms with Crippen molar-refractivity contribution in [2.45, 2.75) is 31.8 Å². The van der Waals surface area contributed by atoms with Gasteiger partial charge in [0.05, 0.1) is 6.54 Å². The maximum Gasteiger partial charge on any atom is 0.241 e. The van der Waals surface area contributed by atoms with Crippen molar-refractivity contribution in [2.24, 2.45) is 4.99 Å². The first-order valence-corrected chi connectivity index (χ1v) is 11.0. The van der Waals surface area contributed by atoms with Gasteiger partial charge >= 0.3 is 0 Å². The molecule has 1 aliphatic heterocycles. The number of likely N-dealkylation sites (tertiary alicyclic amines) is 1. The molecule has 1 unspecified atom stereocenters. The highest BCUT2D eigenvalue weighted by atomic mass is 16.2. The number of amides is 1. The molecule has 1 fully saturated rings. The van der Waals surface area contributed by atoms with Crippen LogP contribution in [0, 0.1) is 0 Å². The lowest BCUT2D eigenvalue weighted by Crippen LogP contribution is -2.47. The van der Waals surface area contributed by atoms with Crippen LogP contribution in [0.4, 0.5) is 0 Å². The number of rotatable bonds is 9. The summed E-state index contributed by atoms with van der Waals surface area (Å²) in [5.74, 6) is 0.698. The molecule has 0 saturated carbocycles. The van der Waals surface area contributed by atoms with Crippen LogP contribution in [0.3, 0.4) is 0 Å². The summed E-state index contributed by atoms with van der Waals surface area (Å²) >= 11 is 0. The van der Waals surface area contributed by atoms with E-state index in [0.29, 0.717) is 18.5 Å². The second-order valence-corrected chi connectivity index (χ2v) is 7.95. The van der Waals surface area contributed by atoms with Gasteiger partial charge in [0.25, 0.3) is 0 Å². The quantitative estimate of drug-likeness (QED) is 0.477. The summed E-state index contributed by atoms with van der Waals surface area (Å²) in [6.45, 7) is 3.76. The normalized spacial score (nSPS) is 16.8. The Labute approximate surface area is 185 Å². The molecule has 1 aromatic heterocycles. The van der Waals surface area contributed by atoms with Gasteiger partial charge in [-0.3, -0.25) is 19.7 Å². The number of pyridine rings is 1. The first kappa shape index (κ1) is 22.7. The number of likely N-dealkylation sites (N-methyl/N-ethyl adjacent to an activating group) is 1. The molecule has 2 N–H and O–H groups in total. The van der Waals surface area contributed by atoms with Gasteiger partial charge in [0.15, 0.2) is 5.96 Å². The van der Waals surface area contributed by atoms with Gasteiger partial charge in [-0.05, 0) is 37.1 Å². The van der Waals surface area contributed by atoms with Crippen molar-refractivity contribution in [1.29, 1.82) is 0 Å². The number of carbonyl (C=O) groups is 1. The van der Waals surface area contributed by atoms with E-state index in [0.717, 1.165) is 31.7 Å². The Hall–Kier alpha value is -2.93. The molecule has 0 aliphatic carbocycles. The van der Waals surface area contributed by atoms with E-state index < -0.39 is 0 Å². The van der Waals surface area contributed by atoms with Crippen molar-refractivity contribution in [3.63, 3.8) is 0 Å². The zero-order valence-electron chi connectivity index (χ0n) is 18.6. The van der Waals surface area contributed by atoms with Gasteiger partial charge in [-0.2, -0.15) is 0 Å². The Kier molecular flexibility index (Phi) is 8.84. The summed E-state index contributed by atoms with van der Waals surface area (Å²) < 4.78 is 0. The summed E-state index contributed by atoms with van der Waals surface area (Å²) in [5, 5.41) is 6.55. The Morgan fingerprint density at radius 1 is 1.19 bits per heavy atom. The molecule has 1 aliphatic rings. The third kappa shape index (κ3) is 7.36. The summed E-state index contributed by atoms with van der Waals surface area (Å²) in [4.78, 5) is 25.3. The number of benzene rings is 1. The molecule has 3 rings (SSSR count). The second-order valence-electron chi connectivity index (χ2n) is 7.95. The third-order valence-corrected chi connectivity index (χ3v) is 5.72. The van der Waals surface area contributed by atoms with E-state index >= 15 is 0 Å². The monoisotopic (exact) mass is 422 g/mol. The molecule has 1 saturated heterocycles. The molecule has 1 aromatic carbocycles. The predicted molar refractivity (Wildman–Crippen MR) is 125 cm³/mol. The van der Waals surface area contributed by atoms with Crippen LogP contribution in [0.15, 0.2) is 59.7 Å². The van der Waals surface area contributed by atoms with Crippen molar-refractivity contribution in [1.82, 2.24) is 25.4 Å². The average Bonchev–Trinajstić information content (AvgIpc) is 3.25. The van der Waals surface area contributed by atoms with Crippen LogP contribution >= 0.6 is 0 Å². The van der Waals surface area contributed by atoms with E-state index in [-0.39, 0.29) is 12.5 Å². The maximum atomic E-state index is 12.5. The van der Waals surface area contributed by atoms with Crippen molar-refractivity contribution in [3.8, 4) is 0 Å². The molecule has 1 amide bonds. The van der Waals surface area contributed by atoms with Crippen LogP contribution in [0.1, 0.15) is 24.1 Å². The fourth-order valence-corrected chi connectivity index (χ4v) is 3.83. The largest absolute Gasteiger partial charge is 0.355 e. The third-order valence-electron chi connectivity index (χ3n) is 5.72. The summed E-state index contributed by atoms with van der Waals surface area (Å²) in [7, 11) is 3.56. The van der Waals surface area contributed by atoms with Crippen LogP contribution < -0.4 is 10.6 Å². The van der Waals surface area contributed by atoms with Gasteiger partial charge in [0, 0.05) is 58.1 Å². The highest BCUT2D eigenvalue weighted by molar-refractivity contribution is 5.86. The van der Waals surface area contributed by atoms with E-state index in [1.165, 1.54) is 18.4 Å². The molecule has 2 aromatic rings. The SMILES string of the molecule is CN=C(NCC(=O)N(C)CCc1ccccn1)NCC1CCCN1Cc1ccccc1. The highest BCUT2D eigenvalue weighted by Gasteiger charge is 2.24. The zero-order valence-corrected chi connectivity index (χ0v) is 18.6. The van der Waals surface area contributed by atoms with E-state index in [4.69, 9.17) is 0 Å². The van der Waals surface area contributed by atoms with E-state index in [2.05, 4.69) is 55.8 Å². The summed E-state index contributed by atoms with van der Waals surface area (Å²) in [6, 6.07) is 16.9. The van der Waals surface area contributed by atoms with E-state index in [1.54, 1.807) is 18.1 Å². The predicted octanol–water partition coefficient (Wildman–Crippen LogP) is 1.91. The zero-order chi connectivity index (χ0) is 21.9. The molecule has 31 heavy (non-hydrogen) atoms. The maximum absolute atomic E-state index is 12.5. The number of nitrogens with one attached hydrogen (secondary N) is 2. The van der Waals surface area contributed by atoms with Gasteiger partial charge < -0.3 is 15.5 Å². The van der Waals surface area contributed by atoms with Crippen molar-refractivity contribution in [3.05, 3.63) is 66.0 Å². The number of hydrogen-bond donors (Lipinski definition) is 2. The Morgan fingerprint density at radius 2 is 2.00 bits per heavy atom. The van der Waals surface area contributed by atoms with Crippen LogP contribution in [0.2, 0.25) is 0 Å². The molecule has 7 heteroatoms. The Balaban J connectivity index is 1.39. The lowest BCUT2D eigenvalue weighted by Gasteiger charge is -2.25. The summed E-state index contributed by atoms with van der Waals surface area (Å²) in [6.07, 6.45) is 4.91. The van der Waals surface area contributed by atoms with Gasteiger partial charge in [0.1, 0.15) is 0 Å². The first-order valence-electron chi connectivity index (χ1n) is 11.0. The smallest absolute Gasteiger partial charge is 0.241 e. The molecule has 1 atom stereocenters. The van der Waals surface area contributed by atoms with Crippen molar-refractivity contribution in [2.75, 3.05) is 40.3 Å². The Morgan fingerprint density at radius 3 is 2.74 bits per heavy atom. The standard InChI is InChI=1S/C24H34N6O/c1-25-24(28-18-23(31)29(2)16-13-21-11-6-7-14-26-21)27-17-22-12-8-15-30(22)19-20-9-4-3-5-10-20/h3-7,9-11,14,22H,8,12-13,15-19H2,1-2H3,(H2,25,27,28). The molecule has 0 radical (unpaired) electrons. The molecule has 0 bridgehead atoms. The number of carbonyl (C=O) groups excluding carboxylic acids is 1. The molecule has 166 valence electrons. The topological polar surface area (TPSA) is 72.9 Å². The lowest BCUT2D eigenvalue weighted by molar-refractivity contribution is -0.128. The van der Waals surface area contributed by atoms with Crippen LogP contribution in [-0.2, 0) is 17.8 Å². The van der Waals surface area contributed by atoms with E-state index in [9.17, 15) is 4.79 Å². The van der Waals surface area contributed by atoms with Crippen LogP contribution in [0.5, 0.6) is 0 Å². The van der Waals surface area contributed by atoms with Gasteiger partial charge in [-0.15, -0.1) is 0 Å². The van der Waals surface area contributed by atoms with Crippen molar-refractivity contribution < 1.29 is 4.79 Å². The molecule has 2 heterocycles. The average molecular weight is 423 g/mol. The minimum atomic E-state index is 0.0328. The molecular formula is C24H34N6O. The highest BCUT2D eigenvalue weighted by Crippen LogP contribution is 2.19. The second kappa shape index (κ2) is 12.1. The first-order chi connectivity index (χ1) is 15.2. The Bertz CT molecular complexity index is 826. The number of hydrogen-bond acceptors (Lipinski definition) is 4. The number of guanidine groups is 1. The van der Waals surface area contributed by atoms with Crippen LogP contribution in [0.25, 0.3) is 0 Å². The van der Waals surface area contributed by atoms with Gasteiger partial charge in [-0.1, -0.05) is 36.4 Å².